The zero-order chi connectivity index (χ0) is 11.3. The lowest BCUT2D eigenvalue weighted by atomic mass is 10.2. The molecule has 1 heterocycles. The third-order valence-electron chi connectivity index (χ3n) is 2.01. The van der Waals surface area contributed by atoms with E-state index in [9.17, 15) is 4.79 Å². The van der Waals surface area contributed by atoms with Gasteiger partial charge in [0.25, 0.3) is 0 Å². The molecule has 1 aromatic rings. The molecule has 0 saturated heterocycles. The second-order valence-corrected chi connectivity index (χ2v) is 3.82. The molecule has 0 aromatic carbocycles. The highest BCUT2D eigenvalue weighted by molar-refractivity contribution is 6.34. The molecule has 0 radical (unpaired) electrons. The van der Waals surface area contributed by atoms with Crippen molar-refractivity contribution in [1.82, 2.24) is 9.78 Å². The van der Waals surface area contributed by atoms with Crippen molar-refractivity contribution >= 4 is 17.4 Å². The second kappa shape index (κ2) is 5.71. The Labute approximate surface area is 94.7 Å². The summed E-state index contributed by atoms with van der Waals surface area (Å²) in [5.41, 5.74) is 0.326. The number of aromatic nitrogens is 2. The van der Waals surface area contributed by atoms with E-state index in [2.05, 4.69) is 12.0 Å². The van der Waals surface area contributed by atoms with E-state index in [0.29, 0.717) is 10.7 Å². The third kappa shape index (κ3) is 3.51. The lowest BCUT2D eigenvalue weighted by Crippen LogP contribution is -1.98. The van der Waals surface area contributed by atoms with E-state index in [4.69, 9.17) is 11.6 Å². The van der Waals surface area contributed by atoms with Crippen LogP contribution in [0.3, 0.4) is 0 Å². The Bertz CT molecular complexity index is 369. The van der Waals surface area contributed by atoms with Gasteiger partial charge in [0.2, 0.25) is 5.78 Å². The quantitative estimate of drug-likeness (QED) is 0.440. The van der Waals surface area contributed by atoms with Gasteiger partial charge in [-0.05, 0) is 12.5 Å². The molecule has 0 spiro atoms. The molecule has 0 atom stereocenters. The van der Waals surface area contributed by atoms with Crippen molar-refractivity contribution in [3.8, 4) is 0 Å². The van der Waals surface area contributed by atoms with E-state index >= 15 is 0 Å². The van der Waals surface area contributed by atoms with Crippen LogP contribution < -0.4 is 0 Å². The van der Waals surface area contributed by atoms with E-state index in [0.717, 1.165) is 19.3 Å². The smallest absolute Gasteiger partial charge is 0.207 e. The van der Waals surface area contributed by atoms with Gasteiger partial charge in [-0.1, -0.05) is 37.4 Å². The summed E-state index contributed by atoms with van der Waals surface area (Å²) in [6.45, 7) is 2.12. The van der Waals surface area contributed by atoms with E-state index < -0.39 is 0 Å². The molecule has 82 valence electrons. The molecule has 4 heteroatoms. The van der Waals surface area contributed by atoms with E-state index in [-0.39, 0.29) is 5.78 Å². The summed E-state index contributed by atoms with van der Waals surface area (Å²) in [6, 6.07) is 0. The maximum absolute atomic E-state index is 11.6. The predicted octanol–water partition coefficient (Wildman–Crippen LogP) is 3.00. The number of hydrogen-bond acceptors (Lipinski definition) is 2. The number of nitrogens with zero attached hydrogens (tertiary/aromatic N) is 2. The number of rotatable bonds is 5. The van der Waals surface area contributed by atoms with E-state index in [1.807, 2.05) is 6.08 Å². The summed E-state index contributed by atoms with van der Waals surface area (Å²) < 4.78 is 1.54. The molecule has 3 nitrogen and oxygen atoms in total. The first kappa shape index (κ1) is 12.0. The summed E-state index contributed by atoms with van der Waals surface area (Å²) in [5, 5.41) is 4.40. The van der Waals surface area contributed by atoms with Gasteiger partial charge in [-0.3, -0.25) is 9.48 Å². The fourth-order valence-corrected chi connectivity index (χ4v) is 1.49. The molecule has 0 aliphatic carbocycles. The maximum atomic E-state index is 11.6. The lowest BCUT2D eigenvalue weighted by molar-refractivity contribution is 0.104. The predicted molar refractivity (Wildman–Crippen MR) is 61.2 cm³/mol. The van der Waals surface area contributed by atoms with Gasteiger partial charge in [-0.2, -0.15) is 5.10 Å². The van der Waals surface area contributed by atoms with Crippen LogP contribution in [-0.4, -0.2) is 15.6 Å². The summed E-state index contributed by atoms with van der Waals surface area (Å²) >= 11 is 5.84. The molecule has 0 amide bonds. The highest BCUT2D eigenvalue weighted by Gasteiger charge is 2.11. The van der Waals surface area contributed by atoms with Gasteiger partial charge in [0.15, 0.2) is 5.69 Å². The third-order valence-corrected chi connectivity index (χ3v) is 2.29. The van der Waals surface area contributed by atoms with Gasteiger partial charge in [0.1, 0.15) is 0 Å². The number of hydrogen-bond donors (Lipinski definition) is 0. The van der Waals surface area contributed by atoms with Crippen molar-refractivity contribution in [2.75, 3.05) is 0 Å². The van der Waals surface area contributed by atoms with Gasteiger partial charge in [-0.15, -0.1) is 0 Å². The van der Waals surface area contributed by atoms with Crippen molar-refractivity contribution in [1.29, 1.82) is 0 Å². The van der Waals surface area contributed by atoms with Crippen molar-refractivity contribution in [2.24, 2.45) is 7.05 Å². The number of unbranched alkanes of at least 4 members (excludes halogenated alkanes) is 2. The topological polar surface area (TPSA) is 34.9 Å². The number of ketones is 1. The molecule has 0 unspecified atom stereocenters. The fraction of sp³-hybridized carbons (Fsp3) is 0.455. The molecular formula is C11H15ClN2O. The zero-order valence-corrected chi connectivity index (χ0v) is 9.79. The molecule has 0 aliphatic heterocycles. The SMILES string of the molecule is CCCC/C=C/C(=O)c1nn(C)cc1Cl. The highest BCUT2D eigenvalue weighted by Crippen LogP contribution is 2.14. The monoisotopic (exact) mass is 226 g/mol. The van der Waals surface area contributed by atoms with Gasteiger partial charge >= 0.3 is 0 Å². The molecular weight excluding hydrogens is 212 g/mol. The van der Waals surface area contributed by atoms with E-state index in [1.54, 1.807) is 19.3 Å². The Kier molecular flexibility index (Phi) is 4.56. The van der Waals surface area contributed by atoms with Crippen molar-refractivity contribution in [2.45, 2.75) is 26.2 Å². The molecule has 0 saturated carbocycles. The Morgan fingerprint density at radius 3 is 2.93 bits per heavy atom. The van der Waals surface area contributed by atoms with Crippen LogP contribution in [0.4, 0.5) is 0 Å². The number of carbonyl (C=O) groups is 1. The summed E-state index contributed by atoms with van der Waals surface area (Å²) in [4.78, 5) is 11.6. The molecule has 15 heavy (non-hydrogen) atoms. The van der Waals surface area contributed by atoms with Gasteiger partial charge in [-0.25, -0.2) is 0 Å². The van der Waals surface area contributed by atoms with Gasteiger partial charge in [0.05, 0.1) is 5.02 Å². The number of aryl methyl sites for hydroxylation is 1. The Hall–Kier alpha value is -1.09. The summed E-state index contributed by atoms with van der Waals surface area (Å²) in [7, 11) is 1.74. The highest BCUT2D eigenvalue weighted by atomic mass is 35.5. The minimum Gasteiger partial charge on any atom is -0.287 e. The number of carbonyl (C=O) groups excluding carboxylic acids is 1. The first-order chi connectivity index (χ1) is 7.15. The first-order valence-electron chi connectivity index (χ1n) is 5.05. The second-order valence-electron chi connectivity index (χ2n) is 3.41. The van der Waals surface area contributed by atoms with Crippen LogP contribution in [-0.2, 0) is 7.05 Å². The largest absolute Gasteiger partial charge is 0.287 e. The fourth-order valence-electron chi connectivity index (χ4n) is 1.22. The van der Waals surface area contributed by atoms with Crippen LogP contribution in [0.1, 0.15) is 36.7 Å². The molecule has 0 aliphatic rings. The average molecular weight is 227 g/mol. The van der Waals surface area contributed by atoms with Crippen LogP contribution in [0.15, 0.2) is 18.3 Å². The summed E-state index contributed by atoms with van der Waals surface area (Å²) in [5.74, 6) is -0.128. The average Bonchev–Trinajstić information content (AvgIpc) is 2.52. The molecule has 1 rings (SSSR count). The number of halogens is 1. The van der Waals surface area contributed by atoms with E-state index in [1.165, 1.54) is 4.68 Å². The Balaban J connectivity index is 2.61. The normalized spacial score (nSPS) is 11.1. The van der Waals surface area contributed by atoms with Crippen LogP contribution in [0, 0.1) is 0 Å². The number of allylic oxidation sites excluding steroid dienone is 2. The Morgan fingerprint density at radius 1 is 1.67 bits per heavy atom. The minimum atomic E-state index is -0.128. The standard InChI is InChI=1S/C11H15ClN2O/c1-3-4-5-6-7-10(15)11-9(12)8-14(2)13-11/h6-8H,3-5H2,1-2H3/b7-6+. The van der Waals surface area contributed by atoms with Crippen LogP contribution >= 0.6 is 11.6 Å². The first-order valence-corrected chi connectivity index (χ1v) is 5.43. The minimum absolute atomic E-state index is 0.128. The van der Waals surface area contributed by atoms with Crippen LogP contribution in [0.25, 0.3) is 0 Å². The summed E-state index contributed by atoms with van der Waals surface area (Å²) in [6.07, 6.45) is 8.19. The molecule has 0 N–H and O–H groups in total. The van der Waals surface area contributed by atoms with Crippen LogP contribution in [0.5, 0.6) is 0 Å². The maximum Gasteiger partial charge on any atom is 0.207 e. The van der Waals surface area contributed by atoms with Crippen molar-refractivity contribution < 1.29 is 4.79 Å². The zero-order valence-electron chi connectivity index (χ0n) is 9.03. The Morgan fingerprint density at radius 2 is 2.40 bits per heavy atom. The van der Waals surface area contributed by atoms with Crippen molar-refractivity contribution in [3.63, 3.8) is 0 Å². The molecule has 0 fully saturated rings. The van der Waals surface area contributed by atoms with Crippen LogP contribution in [0.2, 0.25) is 5.02 Å². The lowest BCUT2D eigenvalue weighted by Gasteiger charge is -1.90. The van der Waals surface area contributed by atoms with Gasteiger partial charge in [0, 0.05) is 13.2 Å². The van der Waals surface area contributed by atoms with Crippen molar-refractivity contribution in [3.05, 3.63) is 29.1 Å². The van der Waals surface area contributed by atoms with Gasteiger partial charge < -0.3 is 0 Å². The molecule has 0 bridgehead atoms. The molecule has 1 aromatic heterocycles.